The van der Waals surface area contributed by atoms with Gasteiger partial charge in [-0.1, -0.05) is 19.3 Å². The van der Waals surface area contributed by atoms with Gasteiger partial charge in [0.15, 0.2) is 5.96 Å². The van der Waals surface area contributed by atoms with Crippen molar-refractivity contribution in [2.24, 2.45) is 10.9 Å². The lowest BCUT2D eigenvalue weighted by molar-refractivity contribution is -0.121. The minimum atomic E-state index is 0.132. The molecule has 2 rings (SSSR count). The second-order valence-electron chi connectivity index (χ2n) is 7.56. The Morgan fingerprint density at radius 2 is 2.00 bits per heavy atom. The fourth-order valence-corrected chi connectivity index (χ4v) is 3.79. The molecule has 1 unspecified atom stereocenters. The molecule has 27 heavy (non-hydrogen) atoms. The second-order valence-corrected chi connectivity index (χ2v) is 7.56. The quantitative estimate of drug-likeness (QED) is 0.342. The Labute approximate surface area is 164 Å². The number of hydrogen-bond acceptors (Lipinski definition) is 4. The number of methoxy groups -OCH3 is 1. The maximum Gasteiger partial charge on any atom is 0.222 e. The molecule has 0 spiro atoms. The van der Waals surface area contributed by atoms with Crippen molar-refractivity contribution in [3.63, 3.8) is 0 Å². The van der Waals surface area contributed by atoms with Crippen LogP contribution in [0.15, 0.2) is 4.99 Å². The fraction of sp³-hybridized carbons (Fsp3) is 0.900. The third-order valence-corrected chi connectivity index (χ3v) is 5.28. The third kappa shape index (κ3) is 8.47. The molecule has 1 saturated heterocycles. The summed E-state index contributed by atoms with van der Waals surface area (Å²) < 4.78 is 10.7. The van der Waals surface area contributed by atoms with E-state index in [1.165, 1.54) is 19.3 Å². The molecule has 0 radical (unpaired) electrons. The van der Waals surface area contributed by atoms with Crippen LogP contribution in [-0.2, 0) is 14.3 Å². The van der Waals surface area contributed by atoms with Crippen molar-refractivity contribution in [1.82, 2.24) is 15.5 Å². The normalized spacial score (nSPS) is 21.5. The van der Waals surface area contributed by atoms with E-state index in [4.69, 9.17) is 9.47 Å². The van der Waals surface area contributed by atoms with E-state index in [2.05, 4.69) is 27.4 Å². The monoisotopic (exact) mass is 382 g/mol. The predicted molar refractivity (Wildman–Crippen MR) is 108 cm³/mol. The molecule has 0 aromatic heterocycles. The highest BCUT2D eigenvalue weighted by molar-refractivity contribution is 5.81. The molecular formula is C20H38N4O3. The van der Waals surface area contributed by atoms with Gasteiger partial charge in [-0.15, -0.1) is 0 Å². The molecule has 2 fully saturated rings. The molecule has 1 atom stereocenters. The molecule has 7 heteroatoms. The first-order valence-corrected chi connectivity index (χ1v) is 10.6. The van der Waals surface area contributed by atoms with Gasteiger partial charge in [0.1, 0.15) is 0 Å². The number of amides is 1. The predicted octanol–water partition coefficient (Wildman–Crippen LogP) is 1.78. The summed E-state index contributed by atoms with van der Waals surface area (Å²) in [6.45, 7) is 7.44. The maximum absolute atomic E-state index is 12.2. The maximum atomic E-state index is 12.2. The van der Waals surface area contributed by atoms with Crippen molar-refractivity contribution in [2.75, 3.05) is 53.1 Å². The summed E-state index contributed by atoms with van der Waals surface area (Å²) >= 11 is 0. The average molecular weight is 383 g/mol. The SMILES string of the molecule is CCNC(=NCCC(=O)NC1CCCCC1)N1CCC(COCCOC)C1. The van der Waals surface area contributed by atoms with Crippen LogP contribution in [0.1, 0.15) is 51.9 Å². The van der Waals surface area contributed by atoms with Crippen LogP contribution in [0.5, 0.6) is 0 Å². The van der Waals surface area contributed by atoms with Crippen LogP contribution in [0.4, 0.5) is 0 Å². The van der Waals surface area contributed by atoms with Crippen molar-refractivity contribution in [1.29, 1.82) is 0 Å². The number of nitrogens with one attached hydrogen (secondary N) is 2. The smallest absolute Gasteiger partial charge is 0.222 e. The highest BCUT2D eigenvalue weighted by atomic mass is 16.5. The number of likely N-dealkylation sites (tertiary alicyclic amines) is 1. The van der Waals surface area contributed by atoms with Crippen LogP contribution in [0.2, 0.25) is 0 Å². The first-order valence-electron chi connectivity index (χ1n) is 10.6. The minimum Gasteiger partial charge on any atom is -0.382 e. The highest BCUT2D eigenvalue weighted by Gasteiger charge is 2.25. The molecule has 1 amide bonds. The topological polar surface area (TPSA) is 75.2 Å². The Morgan fingerprint density at radius 3 is 2.74 bits per heavy atom. The van der Waals surface area contributed by atoms with E-state index in [1.54, 1.807) is 7.11 Å². The summed E-state index contributed by atoms with van der Waals surface area (Å²) in [6.07, 6.45) is 7.59. The second kappa shape index (κ2) is 12.9. The van der Waals surface area contributed by atoms with Crippen LogP contribution in [-0.4, -0.2) is 75.9 Å². The summed E-state index contributed by atoms with van der Waals surface area (Å²) in [4.78, 5) is 19.1. The van der Waals surface area contributed by atoms with E-state index >= 15 is 0 Å². The van der Waals surface area contributed by atoms with Crippen LogP contribution >= 0.6 is 0 Å². The van der Waals surface area contributed by atoms with Gasteiger partial charge in [-0.3, -0.25) is 9.79 Å². The molecule has 2 N–H and O–H groups in total. The summed E-state index contributed by atoms with van der Waals surface area (Å²) in [5.41, 5.74) is 0. The van der Waals surface area contributed by atoms with Crippen LogP contribution in [0.3, 0.4) is 0 Å². The van der Waals surface area contributed by atoms with Gasteiger partial charge < -0.3 is 25.0 Å². The van der Waals surface area contributed by atoms with E-state index in [1.807, 2.05) is 0 Å². The van der Waals surface area contributed by atoms with Crippen LogP contribution < -0.4 is 10.6 Å². The van der Waals surface area contributed by atoms with Gasteiger partial charge in [-0.2, -0.15) is 0 Å². The van der Waals surface area contributed by atoms with Gasteiger partial charge >= 0.3 is 0 Å². The number of carbonyl (C=O) groups is 1. The van der Waals surface area contributed by atoms with Gasteiger partial charge in [0.25, 0.3) is 0 Å². The van der Waals surface area contributed by atoms with E-state index < -0.39 is 0 Å². The first kappa shape index (κ1) is 22.0. The van der Waals surface area contributed by atoms with Crippen molar-refractivity contribution < 1.29 is 14.3 Å². The Hall–Kier alpha value is -1.34. The van der Waals surface area contributed by atoms with Gasteiger partial charge in [0, 0.05) is 45.1 Å². The molecule has 7 nitrogen and oxygen atoms in total. The van der Waals surface area contributed by atoms with Gasteiger partial charge in [-0.25, -0.2) is 0 Å². The lowest BCUT2D eigenvalue weighted by Gasteiger charge is -2.23. The Bertz CT molecular complexity index is 453. The van der Waals surface area contributed by atoms with Crippen molar-refractivity contribution in [3.05, 3.63) is 0 Å². The molecule has 0 aromatic carbocycles. The van der Waals surface area contributed by atoms with E-state index in [9.17, 15) is 4.79 Å². The molecule has 1 saturated carbocycles. The summed E-state index contributed by atoms with van der Waals surface area (Å²) in [5, 5.41) is 6.53. The first-order chi connectivity index (χ1) is 13.2. The summed E-state index contributed by atoms with van der Waals surface area (Å²) in [7, 11) is 1.69. The van der Waals surface area contributed by atoms with E-state index in [0.29, 0.717) is 38.1 Å². The van der Waals surface area contributed by atoms with Crippen molar-refractivity contribution in [2.45, 2.75) is 57.9 Å². The molecule has 1 aliphatic heterocycles. The summed E-state index contributed by atoms with van der Waals surface area (Å²) in [5.74, 6) is 1.58. The average Bonchev–Trinajstić information content (AvgIpc) is 3.14. The van der Waals surface area contributed by atoms with E-state index in [-0.39, 0.29) is 5.91 Å². The fourth-order valence-electron chi connectivity index (χ4n) is 3.79. The van der Waals surface area contributed by atoms with Gasteiger partial charge in [-0.05, 0) is 26.2 Å². The minimum absolute atomic E-state index is 0.132. The standard InChI is InChI=1S/C20H38N4O3/c1-3-21-20(24-12-10-17(15-24)16-27-14-13-26-2)22-11-9-19(25)23-18-7-5-4-6-8-18/h17-18H,3-16H2,1-2H3,(H,21,22)(H,23,25). The largest absolute Gasteiger partial charge is 0.382 e. The zero-order valence-electron chi connectivity index (χ0n) is 17.2. The zero-order valence-corrected chi connectivity index (χ0v) is 17.2. The molecule has 1 heterocycles. The third-order valence-electron chi connectivity index (χ3n) is 5.28. The number of nitrogens with zero attached hydrogens (tertiary/aromatic N) is 2. The van der Waals surface area contributed by atoms with Crippen LogP contribution in [0.25, 0.3) is 0 Å². The number of ether oxygens (including phenoxy) is 2. The molecular weight excluding hydrogens is 344 g/mol. The van der Waals surface area contributed by atoms with Crippen molar-refractivity contribution in [3.8, 4) is 0 Å². The lowest BCUT2D eigenvalue weighted by atomic mass is 9.95. The lowest BCUT2D eigenvalue weighted by Crippen LogP contribution is -2.40. The van der Waals surface area contributed by atoms with E-state index in [0.717, 1.165) is 51.5 Å². The number of guanidine groups is 1. The molecule has 0 bridgehead atoms. The number of carbonyl (C=O) groups excluding carboxylic acids is 1. The molecule has 1 aliphatic carbocycles. The van der Waals surface area contributed by atoms with Gasteiger partial charge in [0.05, 0.1) is 26.4 Å². The summed E-state index contributed by atoms with van der Waals surface area (Å²) in [6, 6.07) is 0.376. The Morgan fingerprint density at radius 1 is 1.19 bits per heavy atom. The van der Waals surface area contributed by atoms with Crippen LogP contribution in [0, 0.1) is 5.92 Å². The zero-order chi connectivity index (χ0) is 19.3. The molecule has 0 aromatic rings. The number of rotatable bonds is 10. The van der Waals surface area contributed by atoms with Crippen molar-refractivity contribution >= 4 is 11.9 Å². The molecule has 156 valence electrons. The van der Waals surface area contributed by atoms with Gasteiger partial charge in [0.2, 0.25) is 5.91 Å². The number of aliphatic imine (C=N–C) groups is 1. The Kier molecular flexibility index (Phi) is 10.5. The highest BCUT2D eigenvalue weighted by Crippen LogP contribution is 2.18. The number of hydrogen-bond donors (Lipinski definition) is 2. The molecule has 2 aliphatic rings. The Balaban J connectivity index is 1.70.